The molecule has 1 heterocycles. The number of rotatable bonds is 3. The predicted molar refractivity (Wildman–Crippen MR) is 75.6 cm³/mol. The Morgan fingerprint density at radius 1 is 1.39 bits per heavy atom. The normalized spacial score (nSPS) is 12.7. The molecule has 1 atom stereocenters. The molecule has 3 nitrogen and oxygen atoms in total. The van der Waals surface area contributed by atoms with E-state index < -0.39 is 6.10 Å². The number of nitrogens with zero attached hydrogens (tertiary/aromatic N) is 2. The van der Waals surface area contributed by atoms with Crippen LogP contribution in [-0.2, 0) is 6.54 Å². The van der Waals surface area contributed by atoms with Gasteiger partial charge in [-0.25, -0.2) is 0 Å². The van der Waals surface area contributed by atoms with Gasteiger partial charge in [-0.15, -0.1) is 0 Å². The zero-order valence-electron chi connectivity index (χ0n) is 10.8. The van der Waals surface area contributed by atoms with Crippen molar-refractivity contribution in [3.63, 3.8) is 0 Å². The molecular formula is C14H17BrN2O. The third-order valence-electron chi connectivity index (χ3n) is 3.11. The molecule has 1 aromatic carbocycles. The Morgan fingerprint density at radius 3 is 2.72 bits per heavy atom. The van der Waals surface area contributed by atoms with Crippen molar-refractivity contribution in [1.29, 1.82) is 0 Å². The minimum absolute atomic E-state index is 0.651. The summed E-state index contributed by atoms with van der Waals surface area (Å²) in [5, 5.41) is 14.8. The average molecular weight is 309 g/mol. The summed E-state index contributed by atoms with van der Waals surface area (Å²) in [7, 11) is 0. The molecule has 0 aliphatic carbocycles. The number of aryl methyl sites for hydroxylation is 3. The summed E-state index contributed by atoms with van der Waals surface area (Å²) in [4.78, 5) is 0. The van der Waals surface area contributed by atoms with Crippen molar-refractivity contribution >= 4 is 15.9 Å². The zero-order chi connectivity index (χ0) is 13.3. The lowest BCUT2D eigenvalue weighted by atomic mass is 9.99. The first-order chi connectivity index (χ1) is 8.54. The number of aromatic nitrogens is 2. The molecule has 0 fully saturated rings. The molecule has 0 saturated heterocycles. The van der Waals surface area contributed by atoms with Gasteiger partial charge in [0.2, 0.25) is 0 Å². The largest absolute Gasteiger partial charge is 0.382 e. The maximum Gasteiger partial charge on any atom is 0.122 e. The average Bonchev–Trinajstić information content (AvgIpc) is 2.69. The van der Waals surface area contributed by atoms with Gasteiger partial charge in [0, 0.05) is 6.54 Å². The highest BCUT2D eigenvalue weighted by Crippen LogP contribution is 2.30. The van der Waals surface area contributed by atoms with E-state index in [-0.39, 0.29) is 0 Å². The first kappa shape index (κ1) is 13.3. The quantitative estimate of drug-likeness (QED) is 0.944. The minimum atomic E-state index is -0.651. The molecule has 0 aliphatic rings. The Labute approximate surface area is 116 Å². The first-order valence-electron chi connectivity index (χ1n) is 6.01. The summed E-state index contributed by atoms with van der Waals surface area (Å²) in [5.74, 6) is 0. The van der Waals surface area contributed by atoms with Crippen LogP contribution in [0, 0.1) is 13.8 Å². The lowest BCUT2D eigenvalue weighted by molar-refractivity contribution is 0.206. The van der Waals surface area contributed by atoms with Crippen LogP contribution >= 0.6 is 15.9 Å². The van der Waals surface area contributed by atoms with Crippen LogP contribution in [0.4, 0.5) is 0 Å². The summed E-state index contributed by atoms with van der Waals surface area (Å²) in [6.07, 6.45) is 1.08. The smallest absolute Gasteiger partial charge is 0.122 e. The summed E-state index contributed by atoms with van der Waals surface area (Å²) in [6, 6.07) is 6.08. The van der Waals surface area contributed by atoms with Gasteiger partial charge in [-0.05, 0) is 47.8 Å². The van der Waals surface area contributed by atoms with E-state index in [1.165, 1.54) is 5.56 Å². The molecular weight excluding hydrogens is 292 g/mol. The van der Waals surface area contributed by atoms with E-state index in [9.17, 15) is 5.11 Å². The van der Waals surface area contributed by atoms with Crippen LogP contribution in [0.2, 0.25) is 0 Å². The molecule has 18 heavy (non-hydrogen) atoms. The van der Waals surface area contributed by atoms with Crippen molar-refractivity contribution in [2.24, 2.45) is 0 Å². The van der Waals surface area contributed by atoms with E-state index in [0.717, 1.165) is 27.8 Å². The van der Waals surface area contributed by atoms with Crippen LogP contribution in [0.25, 0.3) is 0 Å². The Balaban J connectivity index is 2.47. The van der Waals surface area contributed by atoms with Gasteiger partial charge in [0.05, 0.1) is 16.4 Å². The fourth-order valence-electron chi connectivity index (χ4n) is 2.18. The molecule has 0 bridgehead atoms. The van der Waals surface area contributed by atoms with Crippen LogP contribution in [0.5, 0.6) is 0 Å². The highest BCUT2D eigenvalue weighted by molar-refractivity contribution is 9.10. The third-order valence-corrected chi connectivity index (χ3v) is 3.72. The fraction of sp³-hybridized carbons (Fsp3) is 0.357. The van der Waals surface area contributed by atoms with Gasteiger partial charge in [0.25, 0.3) is 0 Å². The molecule has 2 rings (SSSR count). The third kappa shape index (κ3) is 2.35. The van der Waals surface area contributed by atoms with E-state index in [4.69, 9.17) is 0 Å². The highest BCUT2D eigenvalue weighted by atomic mass is 79.9. The standard InChI is InChI=1S/C14H17BrN2O/c1-4-17-13(12(15)8-16-17)14(18)11-6-5-9(2)7-10(11)3/h5-8,14,18H,4H2,1-3H3. The van der Waals surface area contributed by atoms with E-state index in [1.54, 1.807) is 6.20 Å². The molecule has 1 N–H and O–H groups in total. The lowest BCUT2D eigenvalue weighted by Crippen LogP contribution is -2.10. The summed E-state index contributed by atoms with van der Waals surface area (Å²) in [6.45, 7) is 6.82. The number of hydrogen-bond acceptors (Lipinski definition) is 2. The fourth-order valence-corrected chi connectivity index (χ4v) is 2.69. The monoisotopic (exact) mass is 308 g/mol. The van der Waals surface area contributed by atoms with Gasteiger partial charge >= 0.3 is 0 Å². The molecule has 2 aromatic rings. The maximum atomic E-state index is 10.6. The van der Waals surface area contributed by atoms with Crippen molar-refractivity contribution in [3.05, 3.63) is 51.3 Å². The number of benzene rings is 1. The molecule has 0 amide bonds. The lowest BCUT2D eigenvalue weighted by Gasteiger charge is -2.16. The van der Waals surface area contributed by atoms with Gasteiger partial charge in [-0.3, -0.25) is 4.68 Å². The Morgan fingerprint density at radius 2 is 2.11 bits per heavy atom. The van der Waals surface area contributed by atoms with E-state index in [1.807, 2.05) is 30.7 Å². The first-order valence-corrected chi connectivity index (χ1v) is 6.80. The topological polar surface area (TPSA) is 38.0 Å². The number of aliphatic hydroxyl groups excluding tert-OH is 1. The van der Waals surface area contributed by atoms with E-state index >= 15 is 0 Å². The Bertz CT molecular complexity index is 563. The summed E-state index contributed by atoms with van der Waals surface area (Å²) < 4.78 is 2.66. The molecule has 0 saturated carbocycles. The van der Waals surface area contributed by atoms with Gasteiger partial charge in [-0.1, -0.05) is 23.8 Å². The molecule has 0 radical (unpaired) electrons. The van der Waals surface area contributed by atoms with Gasteiger partial charge in [-0.2, -0.15) is 5.10 Å². The molecule has 0 aliphatic heterocycles. The second-order valence-corrected chi connectivity index (χ2v) is 5.31. The molecule has 96 valence electrons. The van der Waals surface area contributed by atoms with Crippen molar-refractivity contribution in [2.75, 3.05) is 0 Å². The van der Waals surface area contributed by atoms with Crippen molar-refractivity contribution in [3.8, 4) is 0 Å². The van der Waals surface area contributed by atoms with E-state index in [2.05, 4.69) is 34.0 Å². The summed E-state index contributed by atoms with van der Waals surface area (Å²) in [5.41, 5.74) is 4.03. The SMILES string of the molecule is CCn1ncc(Br)c1C(O)c1ccc(C)cc1C. The molecule has 0 spiro atoms. The summed E-state index contributed by atoms with van der Waals surface area (Å²) >= 11 is 3.45. The van der Waals surface area contributed by atoms with Crippen LogP contribution in [0.3, 0.4) is 0 Å². The van der Waals surface area contributed by atoms with Crippen LogP contribution in [0.1, 0.15) is 35.4 Å². The van der Waals surface area contributed by atoms with Crippen LogP contribution in [0.15, 0.2) is 28.9 Å². The minimum Gasteiger partial charge on any atom is -0.382 e. The van der Waals surface area contributed by atoms with Crippen LogP contribution < -0.4 is 0 Å². The number of halogens is 1. The van der Waals surface area contributed by atoms with Gasteiger partial charge in [0.1, 0.15) is 6.10 Å². The van der Waals surface area contributed by atoms with E-state index in [0.29, 0.717) is 0 Å². The highest BCUT2D eigenvalue weighted by Gasteiger charge is 2.20. The molecule has 1 aromatic heterocycles. The number of aliphatic hydroxyl groups is 1. The zero-order valence-corrected chi connectivity index (χ0v) is 12.4. The van der Waals surface area contributed by atoms with Crippen LogP contribution in [-0.4, -0.2) is 14.9 Å². The molecule has 1 unspecified atom stereocenters. The van der Waals surface area contributed by atoms with Crippen molar-refractivity contribution < 1.29 is 5.11 Å². The second kappa shape index (κ2) is 5.24. The second-order valence-electron chi connectivity index (χ2n) is 4.46. The van der Waals surface area contributed by atoms with Crippen molar-refractivity contribution in [2.45, 2.75) is 33.4 Å². The number of hydrogen-bond donors (Lipinski definition) is 1. The Hall–Kier alpha value is -1.13. The van der Waals surface area contributed by atoms with Crippen molar-refractivity contribution in [1.82, 2.24) is 9.78 Å². The Kier molecular flexibility index (Phi) is 3.88. The van der Waals surface area contributed by atoms with Gasteiger partial charge in [0.15, 0.2) is 0 Å². The maximum absolute atomic E-state index is 10.6. The molecule has 4 heteroatoms. The van der Waals surface area contributed by atoms with Gasteiger partial charge < -0.3 is 5.11 Å². The predicted octanol–water partition coefficient (Wildman–Crippen LogP) is 3.36.